The third-order valence-electron chi connectivity index (χ3n) is 7.32. The Kier molecular flexibility index (Phi) is 21.2. The largest absolute Gasteiger partial charge is 0.480 e. The number of alkyl halides is 12. The lowest BCUT2D eigenvalue weighted by atomic mass is 10.0. The highest BCUT2D eigenvalue weighted by Gasteiger charge is 2.41. The lowest BCUT2D eigenvalue weighted by Crippen LogP contribution is -2.56. The molecule has 328 valence electrons. The van der Waals surface area contributed by atoms with Crippen LogP contribution in [-0.4, -0.2) is 121 Å². The van der Waals surface area contributed by atoms with Gasteiger partial charge in [0.25, 0.3) is 0 Å². The molecule has 7 amide bonds. The molecule has 0 aromatic carbocycles. The van der Waals surface area contributed by atoms with Crippen molar-refractivity contribution < 1.29 is 96.1 Å². The second kappa shape index (κ2) is 23.2. The summed E-state index contributed by atoms with van der Waals surface area (Å²) in [6.07, 6.45) is -24.8. The molecule has 4 unspecified atom stereocenters. The van der Waals surface area contributed by atoms with Crippen LogP contribution in [0.25, 0.3) is 0 Å². The third-order valence-corrected chi connectivity index (χ3v) is 7.32. The summed E-state index contributed by atoms with van der Waals surface area (Å²) >= 11 is 0. The molecule has 4 atom stereocenters. The average Bonchev–Trinajstić information content (AvgIpc) is 3.07. The van der Waals surface area contributed by atoms with Crippen molar-refractivity contribution in [2.45, 2.75) is 101 Å². The second-order valence-corrected chi connectivity index (χ2v) is 12.0. The Morgan fingerprint density at radius 1 is 0.421 bits per heavy atom. The quantitative estimate of drug-likeness (QED) is 0.0540. The highest BCUT2D eigenvalue weighted by atomic mass is 19.4. The van der Waals surface area contributed by atoms with Crippen molar-refractivity contribution in [3.8, 4) is 0 Å². The van der Waals surface area contributed by atoms with Gasteiger partial charge >= 0.3 is 54.3 Å². The zero-order valence-electron chi connectivity index (χ0n) is 29.5. The summed E-state index contributed by atoms with van der Waals surface area (Å²) in [7, 11) is 0. The maximum Gasteiger partial charge on any atom is 0.471 e. The molecule has 28 heteroatoms. The first-order valence-corrected chi connectivity index (χ1v) is 16.5. The van der Waals surface area contributed by atoms with Crippen molar-refractivity contribution in [2.75, 3.05) is 26.2 Å². The molecule has 57 heavy (non-hydrogen) atoms. The highest BCUT2D eigenvalue weighted by molar-refractivity contribution is 5.93. The Hall–Kier alpha value is -5.08. The first kappa shape index (κ1) is 51.9. The van der Waals surface area contributed by atoms with Crippen LogP contribution in [0.3, 0.4) is 0 Å². The summed E-state index contributed by atoms with van der Waals surface area (Å²) in [6.45, 7) is -1.55. The minimum absolute atomic E-state index is 0.203. The molecule has 0 fully saturated rings. The number of carbonyl (C=O) groups is 8. The number of carbonyl (C=O) groups excluding carboxylic acids is 7. The van der Waals surface area contributed by atoms with Crippen LogP contribution < -0.4 is 37.2 Å². The van der Waals surface area contributed by atoms with Gasteiger partial charge < -0.3 is 42.3 Å². The SMILES string of the molecule is CC(CCCNC(=O)C(F)(F)F)C(=O)NC(CCCNC(=O)C(F)(F)F)C(=O)NC(CCCNC(=O)C(F)(F)F)C(=O)NC(CCCNC(=O)C(F)(F)F)C(=O)O. The summed E-state index contributed by atoms with van der Waals surface area (Å²) in [5, 5.41) is 21.7. The molecule has 16 nitrogen and oxygen atoms in total. The molecule has 8 N–H and O–H groups in total. The molecular weight excluding hydrogens is 818 g/mol. The number of carboxylic acid groups (broad SMARTS) is 1. The van der Waals surface area contributed by atoms with Crippen molar-refractivity contribution in [3.05, 3.63) is 0 Å². The van der Waals surface area contributed by atoms with Crippen molar-refractivity contribution in [1.82, 2.24) is 37.2 Å². The summed E-state index contributed by atoms with van der Waals surface area (Å²) in [6, 6.07) is -5.58. The Bertz CT molecular complexity index is 1410. The van der Waals surface area contributed by atoms with E-state index in [0.29, 0.717) is 0 Å². The van der Waals surface area contributed by atoms with Gasteiger partial charge in [-0.15, -0.1) is 0 Å². The average molecular weight is 858 g/mol. The third kappa shape index (κ3) is 21.7. The van der Waals surface area contributed by atoms with Gasteiger partial charge in [-0.25, -0.2) is 4.79 Å². The highest BCUT2D eigenvalue weighted by Crippen LogP contribution is 2.17. The fraction of sp³-hybridized carbons (Fsp3) is 0.724. The molecular formula is C29H39F12N7O9. The zero-order chi connectivity index (χ0) is 44.4. The van der Waals surface area contributed by atoms with Gasteiger partial charge in [-0.05, 0) is 51.4 Å². The van der Waals surface area contributed by atoms with E-state index in [0.717, 1.165) is 0 Å². The summed E-state index contributed by atoms with van der Waals surface area (Å²) in [5.74, 6) is -15.9. The van der Waals surface area contributed by atoms with Crippen LogP contribution in [0.1, 0.15) is 58.3 Å². The van der Waals surface area contributed by atoms with Gasteiger partial charge in [-0.3, -0.25) is 33.6 Å². The predicted octanol–water partition coefficient (Wildman–Crippen LogP) is 0.996. The smallest absolute Gasteiger partial charge is 0.471 e. The summed E-state index contributed by atoms with van der Waals surface area (Å²) in [5.41, 5.74) is 0. The van der Waals surface area contributed by atoms with Crippen LogP contribution in [-0.2, 0) is 38.4 Å². The normalized spacial score (nSPS) is 14.2. The molecule has 0 aliphatic heterocycles. The van der Waals surface area contributed by atoms with Gasteiger partial charge in [-0.2, -0.15) is 52.7 Å². The molecule has 0 aromatic rings. The second-order valence-electron chi connectivity index (χ2n) is 12.0. The van der Waals surface area contributed by atoms with Gasteiger partial charge in [-0.1, -0.05) is 6.92 Å². The van der Waals surface area contributed by atoms with Gasteiger partial charge in [0, 0.05) is 32.1 Å². The number of aliphatic carboxylic acids is 1. The monoisotopic (exact) mass is 857 g/mol. The van der Waals surface area contributed by atoms with E-state index in [9.17, 15) is 96.1 Å². The van der Waals surface area contributed by atoms with Crippen LogP contribution in [0, 0.1) is 5.92 Å². The van der Waals surface area contributed by atoms with Crippen LogP contribution in [0.5, 0.6) is 0 Å². The van der Waals surface area contributed by atoms with Crippen LogP contribution >= 0.6 is 0 Å². The lowest BCUT2D eigenvalue weighted by molar-refractivity contribution is -0.173. The van der Waals surface area contributed by atoms with Crippen molar-refractivity contribution >= 4 is 47.3 Å². The number of hydrogen-bond acceptors (Lipinski definition) is 8. The molecule has 0 saturated carbocycles. The zero-order valence-corrected chi connectivity index (χ0v) is 29.5. The van der Waals surface area contributed by atoms with E-state index in [-0.39, 0.29) is 12.8 Å². The van der Waals surface area contributed by atoms with E-state index in [2.05, 4.69) is 10.6 Å². The van der Waals surface area contributed by atoms with Crippen molar-refractivity contribution in [2.24, 2.45) is 5.92 Å². The molecule has 0 aliphatic carbocycles. The Morgan fingerprint density at radius 3 is 0.947 bits per heavy atom. The maximum atomic E-state index is 13.4. The number of rotatable bonds is 23. The molecule has 0 rings (SSSR count). The standard InChI is InChI=1S/C29H39F12N7O9/c1-14(6-2-10-42-22(54)26(30,31)32)18(49)46-15(7-3-11-43-23(55)27(33,34)35)19(50)47-16(8-4-12-44-24(56)28(36,37)38)20(51)48-17(21(52)53)9-5-13-45-25(57)29(39,40)41/h14-17H,2-13H2,1H3,(H,42,54)(H,43,55)(H,44,56)(H,45,57)(H,46,49)(H,47,50)(H,48,51)(H,52,53). The van der Waals surface area contributed by atoms with Crippen molar-refractivity contribution in [3.63, 3.8) is 0 Å². The molecule has 0 saturated heterocycles. The number of carboxylic acids is 1. The fourth-order valence-electron chi connectivity index (χ4n) is 4.32. The topological polar surface area (TPSA) is 241 Å². The summed E-state index contributed by atoms with van der Waals surface area (Å²) in [4.78, 5) is 95.5. The van der Waals surface area contributed by atoms with E-state index < -0.39 is 161 Å². The lowest BCUT2D eigenvalue weighted by Gasteiger charge is -2.25. The number of amides is 7. The fourth-order valence-corrected chi connectivity index (χ4v) is 4.32. The minimum atomic E-state index is -5.32. The van der Waals surface area contributed by atoms with E-state index in [1.54, 1.807) is 5.32 Å². The Labute approximate surface area is 314 Å². The van der Waals surface area contributed by atoms with Crippen LogP contribution in [0.2, 0.25) is 0 Å². The number of nitrogens with one attached hydrogen (secondary N) is 7. The number of halogens is 12. The van der Waals surface area contributed by atoms with Gasteiger partial charge in [0.15, 0.2) is 0 Å². The maximum absolute atomic E-state index is 13.4. The van der Waals surface area contributed by atoms with Gasteiger partial charge in [0.05, 0.1) is 0 Å². The minimum Gasteiger partial charge on any atom is -0.480 e. The van der Waals surface area contributed by atoms with Gasteiger partial charge in [0.1, 0.15) is 18.1 Å². The Morgan fingerprint density at radius 2 is 0.667 bits per heavy atom. The van der Waals surface area contributed by atoms with Gasteiger partial charge in [0.2, 0.25) is 17.7 Å². The van der Waals surface area contributed by atoms with Crippen LogP contribution in [0.15, 0.2) is 0 Å². The molecule has 0 bridgehead atoms. The Balaban J connectivity index is 6.07. The number of hydrogen-bond donors (Lipinski definition) is 8. The molecule has 0 spiro atoms. The van der Waals surface area contributed by atoms with E-state index in [4.69, 9.17) is 0 Å². The first-order chi connectivity index (χ1) is 26.0. The van der Waals surface area contributed by atoms with Crippen LogP contribution in [0.4, 0.5) is 52.7 Å². The van der Waals surface area contributed by atoms with E-state index in [1.165, 1.54) is 22.9 Å². The van der Waals surface area contributed by atoms with E-state index in [1.807, 2.05) is 5.32 Å². The first-order valence-electron chi connectivity index (χ1n) is 16.5. The van der Waals surface area contributed by atoms with Crippen molar-refractivity contribution in [1.29, 1.82) is 0 Å². The molecule has 0 aromatic heterocycles. The predicted molar refractivity (Wildman–Crippen MR) is 166 cm³/mol. The van der Waals surface area contributed by atoms with E-state index >= 15 is 0 Å². The summed E-state index contributed by atoms with van der Waals surface area (Å²) < 4.78 is 150. The molecule has 0 heterocycles. The molecule has 0 radical (unpaired) electrons. The molecule has 0 aliphatic rings.